The molecule has 0 radical (unpaired) electrons. The lowest BCUT2D eigenvalue weighted by Crippen LogP contribution is -1.75. The fourth-order valence-corrected chi connectivity index (χ4v) is 2.08. The van der Waals surface area contributed by atoms with E-state index in [-0.39, 0.29) is 0 Å². The first-order chi connectivity index (χ1) is 5.90. The summed E-state index contributed by atoms with van der Waals surface area (Å²) >= 11 is 2.97. The number of rotatable bonds is 1. The number of hydrogen-bond donors (Lipinski definition) is 0. The Morgan fingerprint density at radius 1 is 1.42 bits per heavy atom. The number of aromatic nitrogens is 2. The molecule has 0 aliphatic carbocycles. The third-order valence-electron chi connectivity index (χ3n) is 1.27. The molecule has 0 spiro atoms. The molecule has 12 heavy (non-hydrogen) atoms. The molecule has 0 bridgehead atoms. The van der Waals surface area contributed by atoms with Gasteiger partial charge in [-0.1, -0.05) is 0 Å². The monoisotopic (exact) mass is 193 g/mol. The van der Waals surface area contributed by atoms with Crippen LogP contribution in [0.25, 0.3) is 10.7 Å². The van der Waals surface area contributed by atoms with Crippen LogP contribution in [0.15, 0.2) is 16.3 Å². The van der Waals surface area contributed by atoms with Gasteiger partial charge in [-0.2, -0.15) is 5.26 Å². The Kier molecular flexibility index (Phi) is 1.86. The normalized spacial score (nSPS) is 9.58. The minimum absolute atomic E-state index is 0.461. The number of nitriles is 1. The summed E-state index contributed by atoms with van der Waals surface area (Å²) in [4.78, 5) is 8.16. The Morgan fingerprint density at radius 2 is 2.33 bits per heavy atom. The lowest BCUT2D eigenvalue weighted by molar-refractivity contribution is 1.30. The van der Waals surface area contributed by atoms with Gasteiger partial charge < -0.3 is 0 Å². The van der Waals surface area contributed by atoms with Gasteiger partial charge in [0.25, 0.3) is 0 Å². The van der Waals surface area contributed by atoms with Crippen LogP contribution in [0.5, 0.6) is 0 Å². The molecule has 0 saturated heterocycles. The molecule has 0 atom stereocenters. The second kappa shape index (κ2) is 3.01. The van der Waals surface area contributed by atoms with Crippen LogP contribution in [0, 0.1) is 11.3 Å². The van der Waals surface area contributed by atoms with Gasteiger partial charge in [-0.25, -0.2) is 9.97 Å². The molecule has 0 fully saturated rings. The highest BCUT2D eigenvalue weighted by Crippen LogP contribution is 2.22. The Bertz CT molecular complexity index is 410. The Balaban J connectivity index is 2.44. The van der Waals surface area contributed by atoms with Crippen LogP contribution in [-0.2, 0) is 0 Å². The van der Waals surface area contributed by atoms with Gasteiger partial charge in [-0.15, -0.1) is 22.7 Å². The van der Waals surface area contributed by atoms with E-state index in [4.69, 9.17) is 5.26 Å². The fourth-order valence-electron chi connectivity index (χ4n) is 0.761. The molecule has 2 heterocycles. The van der Waals surface area contributed by atoms with Gasteiger partial charge in [0.15, 0.2) is 5.69 Å². The van der Waals surface area contributed by atoms with Crippen LogP contribution in [0.2, 0.25) is 0 Å². The maximum atomic E-state index is 8.52. The molecule has 2 rings (SSSR count). The van der Waals surface area contributed by atoms with Crippen LogP contribution in [0.3, 0.4) is 0 Å². The summed E-state index contributed by atoms with van der Waals surface area (Å²) in [6, 6.07) is 1.98. The summed E-state index contributed by atoms with van der Waals surface area (Å²) in [6.45, 7) is 0. The number of hydrogen-bond acceptors (Lipinski definition) is 5. The van der Waals surface area contributed by atoms with E-state index in [1.807, 2.05) is 11.4 Å². The average Bonchev–Trinajstić information content (AvgIpc) is 2.75. The molecular formula is C7H3N3S2. The van der Waals surface area contributed by atoms with Gasteiger partial charge >= 0.3 is 0 Å². The highest BCUT2D eigenvalue weighted by atomic mass is 32.1. The molecule has 2 aromatic heterocycles. The standard InChI is InChI=1S/C7H3N3S2/c8-1-5-2-12-7(10-5)6-3-11-4-9-6/h2-4H. The molecule has 3 nitrogen and oxygen atoms in total. The van der Waals surface area contributed by atoms with Gasteiger partial charge in [0.05, 0.1) is 5.51 Å². The van der Waals surface area contributed by atoms with E-state index in [2.05, 4.69) is 9.97 Å². The van der Waals surface area contributed by atoms with Crippen LogP contribution >= 0.6 is 22.7 Å². The number of nitrogens with zero attached hydrogens (tertiary/aromatic N) is 3. The van der Waals surface area contributed by atoms with Crippen molar-refractivity contribution in [1.82, 2.24) is 9.97 Å². The maximum Gasteiger partial charge on any atom is 0.152 e. The topological polar surface area (TPSA) is 49.6 Å². The molecule has 58 valence electrons. The van der Waals surface area contributed by atoms with Crippen molar-refractivity contribution in [3.05, 3.63) is 22.0 Å². The third-order valence-corrected chi connectivity index (χ3v) is 2.72. The van der Waals surface area contributed by atoms with Crippen LogP contribution in [0.4, 0.5) is 0 Å². The molecule has 0 unspecified atom stereocenters. The largest absolute Gasteiger partial charge is 0.242 e. The van der Waals surface area contributed by atoms with Crippen molar-refractivity contribution in [1.29, 1.82) is 5.26 Å². The van der Waals surface area contributed by atoms with E-state index in [0.29, 0.717) is 5.69 Å². The maximum absolute atomic E-state index is 8.52. The van der Waals surface area contributed by atoms with Crippen molar-refractivity contribution in [2.24, 2.45) is 0 Å². The molecule has 0 aliphatic rings. The molecule has 0 aromatic carbocycles. The summed E-state index contributed by atoms with van der Waals surface area (Å²) in [5, 5.41) is 13.0. The van der Waals surface area contributed by atoms with Crippen LogP contribution < -0.4 is 0 Å². The van der Waals surface area contributed by atoms with Gasteiger partial charge in [0.2, 0.25) is 0 Å². The predicted molar refractivity (Wildman–Crippen MR) is 47.9 cm³/mol. The van der Waals surface area contributed by atoms with Crippen molar-refractivity contribution < 1.29 is 0 Å². The van der Waals surface area contributed by atoms with Gasteiger partial charge in [-0.05, 0) is 0 Å². The third kappa shape index (κ3) is 1.22. The Morgan fingerprint density at radius 3 is 2.92 bits per heavy atom. The molecule has 0 saturated carbocycles. The first-order valence-corrected chi connectivity index (χ1v) is 4.96. The lowest BCUT2D eigenvalue weighted by Gasteiger charge is -1.82. The average molecular weight is 193 g/mol. The summed E-state index contributed by atoms with van der Waals surface area (Å²) in [5.41, 5.74) is 3.07. The van der Waals surface area contributed by atoms with Crippen molar-refractivity contribution in [3.63, 3.8) is 0 Å². The van der Waals surface area contributed by atoms with Crippen molar-refractivity contribution in [3.8, 4) is 16.8 Å². The Labute approximate surface area is 77.0 Å². The smallest absolute Gasteiger partial charge is 0.152 e. The summed E-state index contributed by atoms with van der Waals surface area (Å²) in [6.07, 6.45) is 0. The van der Waals surface area contributed by atoms with Gasteiger partial charge in [0, 0.05) is 10.8 Å². The summed E-state index contributed by atoms with van der Waals surface area (Å²) < 4.78 is 0. The summed E-state index contributed by atoms with van der Waals surface area (Å²) in [5.74, 6) is 0. The zero-order chi connectivity index (χ0) is 8.39. The van der Waals surface area contributed by atoms with E-state index >= 15 is 0 Å². The number of thiazole rings is 2. The fraction of sp³-hybridized carbons (Fsp3) is 0. The predicted octanol–water partition coefficient (Wildman–Crippen LogP) is 2.14. The second-order valence-corrected chi connectivity index (χ2v) is 3.60. The van der Waals surface area contributed by atoms with Gasteiger partial charge in [0.1, 0.15) is 16.8 Å². The van der Waals surface area contributed by atoms with E-state index < -0.39 is 0 Å². The highest BCUT2D eigenvalue weighted by molar-refractivity contribution is 7.13. The van der Waals surface area contributed by atoms with Crippen molar-refractivity contribution in [2.75, 3.05) is 0 Å². The van der Waals surface area contributed by atoms with E-state index in [1.165, 1.54) is 22.7 Å². The van der Waals surface area contributed by atoms with E-state index in [1.54, 1.807) is 10.9 Å². The zero-order valence-corrected chi connectivity index (χ0v) is 7.52. The van der Waals surface area contributed by atoms with Crippen LogP contribution in [-0.4, -0.2) is 9.97 Å². The minimum atomic E-state index is 0.461. The molecule has 5 heteroatoms. The molecule has 2 aromatic rings. The second-order valence-electron chi connectivity index (χ2n) is 2.02. The minimum Gasteiger partial charge on any atom is -0.242 e. The lowest BCUT2D eigenvalue weighted by atomic mass is 10.5. The Hall–Kier alpha value is -1.25. The SMILES string of the molecule is N#Cc1csc(-c2cscn2)n1. The van der Waals surface area contributed by atoms with Crippen molar-refractivity contribution >= 4 is 22.7 Å². The van der Waals surface area contributed by atoms with Gasteiger partial charge in [-0.3, -0.25) is 0 Å². The quantitative estimate of drug-likeness (QED) is 0.697. The first-order valence-electron chi connectivity index (χ1n) is 3.14. The summed E-state index contributed by atoms with van der Waals surface area (Å²) in [7, 11) is 0. The molecular weight excluding hydrogens is 190 g/mol. The first kappa shape index (κ1) is 7.40. The molecule has 0 amide bonds. The van der Waals surface area contributed by atoms with Crippen molar-refractivity contribution in [2.45, 2.75) is 0 Å². The molecule has 0 aliphatic heterocycles. The zero-order valence-electron chi connectivity index (χ0n) is 5.89. The van der Waals surface area contributed by atoms with E-state index in [0.717, 1.165) is 10.7 Å². The van der Waals surface area contributed by atoms with Crippen LogP contribution in [0.1, 0.15) is 5.69 Å². The van der Waals surface area contributed by atoms with E-state index in [9.17, 15) is 0 Å². The molecule has 0 N–H and O–H groups in total. The highest BCUT2D eigenvalue weighted by Gasteiger charge is 2.04.